The van der Waals surface area contributed by atoms with E-state index in [4.69, 9.17) is 4.74 Å². The SMILES string of the molecule is CC(OC1CN(C(=O)c2ccncn2)CC1c1ccc(F)cc1)c1cc(C(F)(F)F)cc(C(F)(F)F)c1. The van der Waals surface area contributed by atoms with Gasteiger partial charge in [-0.25, -0.2) is 14.4 Å². The zero-order valence-corrected chi connectivity index (χ0v) is 19.2. The Hall–Kier alpha value is -3.54. The van der Waals surface area contributed by atoms with E-state index in [9.17, 15) is 35.5 Å². The number of likely N-dealkylation sites (tertiary alicyclic amines) is 1. The molecular weight excluding hydrogens is 507 g/mol. The van der Waals surface area contributed by atoms with Crippen molar-refractivity contribution < 1.29 is 40.3 Å². The molecule has 5 nitrogen and oxygen atoms in total. The Morgan fingerprint density at radius 1 is 0.973 bits per heavy atom. The van der Waals surface area contributed by atoms with E-state index >= 15 is 0 Å². The smallest absolute Gasteiger partial charge is 0.368 e. The van der Waals surface area contributed by atoms with Crippen molar-refractivity contribution in [1.82, 2.24) is 14.9 Å². The highest BCUT2D eigenvalue weighted by Gasteiger charge is 2.40. The van der Waals surface area contributed by atoms with Crippen LogP contribution in [0.4, 0.5) is 30.7 Å². The first-order valence-corrected chi connectivity index (χ1v) is 11.1. The number of alkyl halides is 6. The van der Waals surface area contributed by atoms with Gasteiger partial charge in [-0.2, -0.15) is 26.3 Å². The molecule has 2 heterocycles. The molecule has 1 aliphatic rings. The van der Waals surface area contributed by atoms with Crippen molar-refractivity contribution in [3.8, 4) is 0 Å². The molecule has 0 N–H and O–H groups in total. The first kappa shape index (κ1) is 26.5. The molecule has 1 aromatic heterocycles. The summed E-state index contributed by atoms with van der Waals surface area (Å²) >= 11 is 0. The third kappa shape index (κ3) is 6.07. The number of hydrogen-bond donors (Lipinski definition) is 0. The quantitative estimate of drug-likeness (QED) is 0.380. The highest BCUT2D eigenvalue weighted by molar-refractivity contribution is 5.92. The maximum atomic E-state index is 13.5. The molecule has 0 radical (unpaired) electrons. The van der Waals surface area contributed by atoms with E-state index in [1.54, 1.807) is 0 Å². The van der Waals surface area contributed by atoms with Crippen molar-refractivity contribution >= 4 is 5.91 Å². The lowest BCUT2D eigenvalue weighted by molar-refractivity contribution is -0.143. The third-order valence-corrected chi connectivity index (χ3v) is 6.11. The van der Waals surface area contributed by atoms with Crippen LogP contribution in [-0.4, -0.2) is 40.0 Å². The molecule has 196 valence electrons. The van der Waals surface area contributed by atoms with E-state index in [-0.39, 0.29) is 30.4 Å². The lowest BCUT2D eigenvalue weighted by Gasteiger charge is -2.25. The van der Waals surface area contributed by atoms with Crippen molar-refractivity contribution in [2.24, 2.45) is 0 Å². The summed E-state index contributed by atoms with van der Waals surface area (Å²) in [6.45, 7) is 1.44. The Balaban J connectivity index is 1.65. The van der Waals surface area contributed by atoms with Gasteiger partial charge in [0.2, 0.25) is 0 Å². The largest absolute Gasteiger partial charge is 0.416 e. The highest BCUT2D eigenvalue weighted by atomic mass is 19.4. The highest BCUT2D eigenvalue weighted by Crippen LogP contribution is 2.39. The number of nitrogens with zero attached hydrogens (tertiary/aromatic N) is 3. The van der Waals surface area contributed by atoms with Gasteiger partial charge in [0.25, 0.3) is 5.91 Å². The molecule has 0 spiro atoms. The van der Waals surface area contributed by atoms with Gasteiger partial charge >= 0.3 is 12.4 Å². The fraction of sp³-hybridized carbons (Fsp3) is 0.320. The van der Waals surface area contributed by atoms with Gasteiger partial charge in [0.1, 0.15) is 17.8 Å². The minimum atomic E-state index is -5.00. The number of ether oxygens (including phenoxy) is 1. The molecule has 12 heteroatoms. The van der Waals surface area contributed by atoms with Gasteiger partial charge in [-0.05, 0) is 54.4 Å². The number of rotatable bonds is 5. The third-order valence-electron chi connectivity index (χ3n) is 6.11. The minimum absolute atomic E-state index is 0.0136. The molecule has 0 aliphatic carbocycles. The molecule has 3 aromatic rings. The lowest BCUT2D eigenvalue weighted by Crippen LogP contribution is -2.31. The predicted octanol–water partition coefficient (Wildman–Crippen LogP) is 6.04. The molecular formula is C25H20F7N3O2. The summed E-state index contributed by atoms with van der Waals surface area (Å²) in [5, 5.41) is 0. The number of benzene rings is 2. The number of hydrogen-bond acceptors (Lipinski definition) is 4. The zero-order valence-electron chi connectivity index (χ0n) is 19.2. The molecule has 4 rings (SSSR count). The summed E-state index contributed by atoms with van der Waals surface area (Å²) in [4.78, 5) is 22.1. The van der Waals surface area contributed by atoms with Gasteiger partial charge in [-0.15, -0.1) is 0 Å². The second-order valence-electron chi connectivity index (χ2n) is 8.62. The molecule has 2 aromatic carbocycles. The van der Waals surface area contributed by atoms with Crippen LogP contribution in [0, 0.1) is 5.82 Å². The summed E-state index contributed by atoms with van der Waals surface area (Å²) < 4.78 is 99.5. The van der Waals surface area contributed by atoms with E-state index < -0.39 is 53.3 Å². The first-order valence-electron chi connectivity index (χ1n) is 11.1. The van der Waals surface area contributed by atoms with Crippen LogP contribution in [0.5, 0.6) is 0 Å². The van der Waals surface area contributed by atoms with Gasteiger partial charge in [0, 0.05) is 25.2 Å². The Kier molecular flexibility index (Phi) is 7.22. The van der Waals surface area contributed by atoms with Crippen LogP contribution in [0.1, 0.15) is 51.7 Å². The Morgan fingerprint density at radius 2 is 1.59 bits per heavy atom. The molecule has 1 saturated heterocycles. The molecule has 0 saturated carbocycles. The van der Waals surface area contributed by atoms with Gasteiger partial charge in [-0.1, -0.05) is 12.1 Å². The summed E-state index contributed by atoms with van der Waals surface area (Å²) in [5.41, 5.74) is -2.52. The van der Waals surface area contributed by atoms with Gasteiger partial charge in [0.05, 0.1) is 23.3 Å². The molecule has 1 aliphatic heterocycles. The Morgan fingerprint density at radius 3 is 2.14 bits per heavy atom. The lowest BCUT2D eigenvalue weighted by atomic mass is 9.95. The van der Waals surface area contributed by atoms with Crippen molar-refractivity contribution in [3.05, 3.63) is 94.8 Å². The van der Waals surface area contributed by atoms with Crippen LogP contribution in [-0.2, 0) is 17.1 Å². The summed E-state index contributed by atoms with van der Waals surface area (Å²) in [5.74, 6) is -1.47. The van der Waals surface area contributed by atoms with Gasteiger partial charge < -0.3 is 9.64 Å². The number of halogens is 7. The van der Waals surface area contributed by atoms with Crippen molar-refractivity contribution in [2.75, 3.05) is 13.1 Å². The number of aromatic nitrogens is 2. The van der Waals surface area contributed by atoms with Crippen LogP contribution in [0.3, 0.4) is 0 Å². The van der Waals surface area contributed by atoms with Gasteiger partial charge in [-0.3, -0.25) is 4.79 Å². The average molecular weight is 527 g/mol. The second kappa shape index (κ2) is 10.1. The molecule has 1 fully saturated rings. The monoisotopic (exact) mass is 527 g/mol. The Bertz CT molecular complexity index is 1220. The standard InChI is InChI=1S/C25H20F7N3O2/c1-14(16-8-17(24(27,28)29)10-18(9-16)25(30,31)32)37-22-12-35(23(36)21-6-7-33-13-34-21)11-20(22)15-2-4-19(26)5-3-15/h2-10,13-14,20,22H,11-12H2,1H3. The van der Waals surface area contributed by atoms with Crippen molar-refractivity contribution in [2.45, 2.75) is 37.4 Å². The van der Waals surface area contributed by atoms with E-state index in [1.807, 2.05) is 0 Å². The minimum Gasteiger partial charge on any atom is -0.368 e. The average Bonchev–Trinajstić information content (AvgIpc) is 3.26. The summed E-state index contributed by atoms with van der Waals surface area (Å²) in [7, 11) is 0. The number of amides is 1. The molecule has 0 bridgehead atoms. The molecule has 1 amide bonds. The fourth-order valence-corrected chi connectivity index (χ4v) is 4.24. The predicted molar refractivity (Wildman–Crippen MR) is 117 cm³/mol. The molecule has 3 unspecified atom stereocenters. The maximum absolute atomic E-state index is 13.5. The molecule has 3 atom stereocenters. The van der Waals surface area contributed by atoms with Crippen molar-refractivity contribution in [3.63, 3.8) is 0 Å². The topological polar surface area (TPSA) is 55.3 Å². The van der Waals surface area contributed by atoms with E-state index in [0.717, 1.165) is 0 Å². The normalized spacial score (nSPS) is 19.2. The van der Waals surface area contributed by atoms with E-state index in [2.05, 4.69) is 9.97 Å². The van der Waals surface area contributed by atoms with E-state index in [1.165, 1.54) is 54.7 Å². The van der Waals surface area contributed by atoms with Crippen LogP contribution in [0.25, 0.3) is 0 Å². The zero-order chi connectivity index (χ0) is 27.0. The first-order chi connectivity index (χ1) is 17.3. The fourth-order valence-electron chi connectivity index (χ4n) is 4.24. The maximum Gasteiger partial charge on any atom is 0.416 e. The van der Waals surface area contributed by atoms with Crippen LogP contribution >= 0.6 is 0 Å². The van der Waals surface area contributed by atoms with Crippen LogP contribution in [0.2, 0.25) is 0 Å². The van der Waals surface area contributed by atoms with Gasteiger partial charge in [0.15, 0.2) is 0 Å². The van der Waals surface area contributed by atoms with E-state index in [0.29, 0.717) is 17.7 Å². The molecule has 37 heavy (non-hydrogen) atoms. The summed E-state index contributed by atoms with van der Waals surface area (Å²) in [6.07, 6.45) is -9.42. The summed E-state index contributed by atoms with van der Waals surface area (Å²) in [6, 6.07) is 8.11. The van der Waals surface area contributed by atoms with Crippen molar-refractivity contribution in [1.29, 1.82) is 0 Å². The second-order valence-corrected chi connectivity index (χ2v) is 8.62. The Labute approximate surface area is 206 Å². The number of carbonyl (C=O) groups is 1. The number of carbonyl (C=O) groups excluding carboxylic acids is 1. The van der Waals surface area contributed by atoms with Crippen LogP contribution in [0.15, 0.2) is 61.1 Å². The van der Waals surface area contributed by atoms with Crippen LogP contribution < -0.4 is 0 Å².